The standard InChI is InChI=1S/C21H18O2/c1-16-12-14-19(15-13-16)21(22)23-20(17-8-4-2-5-9-17)18-10-6-3-7-11-18/h2-15,20H,1H3. The van der Waals surface area contributed by atoms with Gasteiger partial charge in [-0.25, -0.2) is 4.79 Å². The molecule has 0 bridgehead atoms. The minimum Gasteiger partial charge on any atom is -0.449 e. The largest absolute Gasteiger partial charge is 0.449 e. The Kier molecular flexibility index (Phi) is 4.53. The van der Waals surface area contributed by atoms with Crippen LogP contribution in [0.4, 0.5) is 0 Å². The van der Waals surface area contributed by atoms with Crippen LogP contribution in [0.2, 0.25) is 0 Å². The van der Waals surface area contributed by atoms with Crippen LogP contribution in [0.25, 0.3) is 0 Å². The SMILES string of the molecule is Cc1ccc(C(=O)OC(c2ccccc2)c2ccccc2)cc1. The van der Waals surface area contributed by atoms with E-state index in [1.165, 1.54) is 0 Å². The van der Waals surface area contributed by atoms with E-state index in [-0.39, 0.29) is 5.97 Å². The second-order valence-electron chi connectivity index (χ2n) is 5.47. The predicted molar refractivity (Wildman–Crippen MR) is 91.3 cm³/mol. The summed E-state index contributed by atoms with van der Waals surface area (Å²) in [5.74, 6) is -0.317. The van der Waals surface area contributed by atoms with Crippen molar-refractivity contribution in [3.63, 3.8) is 0 Å². The summed E-state index contributed by atoms with van der Waals surface area (Å²) in [5, 5.41) is 0. The first-order chi connectivity index (χ1) is 11.2. The topological polar surface area (TPSA) is 26.3 Å². The fourth-order valence-corrected chi connectivity index (χ4v) is 2.45. The lowest BCUT2D eigenvalue weighted by atomic mass is 10.0. The molecule has 3 aromatic carbocycles. The van der Waals surface area contributed by atoms with E-state index < -0.39 is 6.10 Å². The lowest BCUT2D eigenvalue weighted by Crippen LogP contribution is -2.13. The van der Waals surface area contributed by atoms with E-state index in [1.54, 1.807) is 12.1 Å². The molecule has 2 heteroatoms. The molecule has 23 heavy (non-hydrogen) atoms. The molecule has 3 aromatic rings. The van der Waals surface area contributed by atoms with Gasteiger partial charge in [0.05, 0.1) is 5.56 Å². The monoisotopic (exact) mass is 302 g/mol. The second kappa shape index (κ2) is 6.93. The van der Waals surface area contributed by atoms with Crippen molar-refractivity contribution in [2.24, 2.45) is 0 Å². The first-order valence-corrected chi connectivity index (χ1v) is 7.61. The summed E-state index contributed by atoms with van der Waals surface area (Å²) < 4.78 is 5.81. The van der Waals surface area contributed by atoms with Gasteiger partial charge < -0.3 is 4.74 Å². The van der Waals surface area contributed by atoms with Crippen molar-refractivity contribution in [1.29, 1.82) is 0 Å². The van der Waals surface area contributed by atoms with Gasteiger partial charge in [-0.05, 0) is 30.2 Å². The van der Waals surface area contributed by atoms with Crippen LogP contribution in [0.3, 0.4) is 0 Å². The molecule has 2 nitrogen and oxygen atoms in total. The summed E-state index contributed by atoms with van der Waals surface area (Å²) in [4.78, 5) is 12.5. The molecule has 0 radical (unpaired) electrons. The predicted octanol–water partition coefficient (Wildman–Crippen LogP) is 4.94. The highest BCUT2D eigenvalue weighted by Gasteiger charge is 2.19. The van der Waals surface area contributed by atoms with Crippen molar-refractivity contribution < 1.29 is 9.53 Å². The van der Waals surface area contributed by atoms with Crippen molar-refractivity contribution in [2.75, 3.05) is 0 Å². The molecule has 0 saturated heterocycles. The number of rotatable bonds is 4. The molecular weight excluding hydrogens is 284 g/mol. The normalized spacial score (nSPS) is 10.5. The fourth-order valence-electron chi connectivity index (χ4n) is 2.45. The number of hydrogen-bond donors (Lipinski definition) is 0. The summed E-state index contributed by atoms with van der Waals surface area (Å²) in [6.45, 7) is 1.99. The highest BCUT2D eigenvalue weighted by Crippen LogP contribution is 2.27. The van der Waals surface area contributed by atoms with Crippen LogP contribution in [0, 0.1) is 6.92 Å². The van der Waals surface area contributed by atoms with Gasteiger partial charge in [0, 0.05) is 0 Å². The number of carbonyl (C=O) groups is 1. The Labute approximate surface area is 136 Å². The molecule has 0 aromatic heterocycles. The molecule has 0 atom stereocenters. The first kappa shape index (κ1) is 15.0. The van der Waals surface area contributed by atoms with Crippen molar-refractivity contribution in [1.82, 2.24) is 0 Å². The van der Waals surface area contributed by atoms with Gasteiger partial charge in [-0.15, -0.1) is 0 Å². The van der Waals surface area contributed by atoms with E-state index >= 15 is 0 Å². The zero-order valence-corrected chi connectivity index (χ0v) is 13.0. The summed E-state index contributed by atoms with van der Waals surface area (Å²) in [5.41, 5.74) is 3.59. The average molecular weight is 302 g/mol. The second-order valence-corrected chi connectivity index (χ2v) is 5.47. The maximum atomic E-state index is 12.5. The van der Waals surface area contributed by atoms with Gasteiger partial charge in [-0.2, -0.15) is 0 Å². The van der Waals surface area contributed by atoms with E-state index in [4.69, 9.17) is 4.74 Å². The number of ether oxygens (including phenoxy) is 1. The van der Waals surface area contributed by atoms with E-state index in [0.717, 1.165) is 16.7 Å². The van der Waals surface area contributed by atoms with Gasteiger partial charge in [0.15, 0.2) is 6.10 Å². The highest BCUT2D eigenvalue weighted by atomic mass is 16.5. The Morgan fingerprint density at radius 1 is 0.739 bits per heavy atom. The van der Waals surface area contributed by atoms with Gasteiger partial charge >= 0.3 is 5.97 Å². The minimum atomic E-state index is -0.411. The molecule has 0 fully saturated rings. The van der Waals surface area contributed by atoms with Gasteiger partial charge in [-0.1, -0.05) is 78.4 Å². The van der Waals surface area contributed by atoms with Crippen LogP contribution in [0.1, 0.15) is 33.2 Å². The van der Waals surface area contributed by atoms with Crippen LogP contribution in [0.5, 0.6) is 0 Å². The smallest absolute Gasteiger partial charge is 0.339 e. The summed E-state index contributed by atoms with van der Waals surface area (Å²) >= 11 is 0. The molecule has 0 aliphatic rings. The Bertz CT molecular complexity index is 722. The molecule has 0 aliphatic heterocycles. The van der Waals surface area contributed by atoms with E-state index in [2.05, 4.69) is 0 Å². The number of hydrogen-bond acceptors (Lipinski definition) is 2. The molecule has 0 unspecified atom stereocenters. The van der Waals surface area contributed by atoms with Crippen molar-refractivity contribution >= 4 is 5.97 Å². The van der Waals surface area contributed by atoms with Gasteiger partial charge in [0.2, 0.25) is 0 Å². The molecule has 0 heterocycles. The Hall–Kier alpha value is -2.87. The number of carbonyl (C=O) groups excluding carboxylic acids is 1. The third-order valence-corrected chi connectivity index (χ3v) is 3.72. The van der Waals surface area contributed by atoms with Gasteiger partial charge in [0.25, 0.3) is 0 Å². The van der Waals surface area contributed by atoms with E-state index in [1.807, 2.05) is 79.7 Å². The molecule has 0 amide bonds. The van der Waals surface area contributed by atoms with Crippen LogP contribution in [-0.2, 0) is 4.74 Å². The zero-order valence-electron chi connectivity index (χ0n) is 13.0. The Morgan fingerprint density at radius 2 is 1.22 bits per heavy atom. The van der Waals surface area contributed by atoms with E-state index in [9.17, 15) is 4.79 Å². The molecule has 0 spiro atoms. The molecule has 114 valence electrons. The average Bonchev–Trinajstić information content (AvgIpc) is 2.61. The van der Waals surface area contributed by atoms with Gasteiger partial charge in [-0.3, -0.25) is 0 Å². The fraction of sp³-hybridized carbons (Fsp3) is 0.0952. The molecule has 0 N–H and O–H groups in total. The van der Waals surface area contributed by atoms with Crippen molar-refractivity contribution in [3.05, 3.63) is 107 Å². The third kappa shape index (κ3) is 3.67. The van der Waals surface area contributed by atoms with Crippen LogP contribution >= 0.6 is 0 Å². The summed E-state index contributed by atoms with van der Waals surface area (Å²) in [6, 6.07) is 27.0. The Morgan fingerprint density at radius 3 is 1.70 bits per heavy atom. The number of benzene rings is 3. The molecule has 3 rings (SSSR count). The van der Waals surface area contributed by atoms with Crippen molar-refractivity contribution in [3.8, 4) is 0 Å². The highest BCUT2D eigenvalue weighted by molar-refractivity contribution is 5.89. The Balaban J connectivity index is 1.90. The molecule has 0 aliphatic carbocycles. The maximum absolute atomic E-state index is 12.5. The van der Waals surface area contributed by atoms with Crippen LogP contribution in [-0.4, -0.2) is 5.97 Å². The molecular formula is C21H18O2. The quantitative estimate of drug-likeness (QED) is 0.638. The first-order valence-electron chi connectivity index (χ1n) is 7.61. The minimum absolute atomic E-state index is 0.317. The number of aryl methyl sites for hydroxylation is 1. The lowest BCUT2D eigenvalue weighted by molar-refractivity contribution is 0.0378. The zero-order chi connectivity index (χ0) is 16.1. The summed E-state index contributed by atoms with van der Waals surface area (Å²) in [7, 11) is 0. The van der Waals surface area contributed by atoms with Crippen LogP contribution < -0.4 is 0 Å². The van der Waals surface area contributed by atoms with Gasteiger partial charge in [0.1, 0.15) is 0 Å². The van der Waals surface area contributed by atoms with Crippen LogP contribution in [0.15, 0.2) is 84.9 Å². The number of esters is 1. The summed E-state index contributed by atoms with van der Waals surface area (Å²) in [6.07, 6.45) is -0.411. The lowest BCUT2D eigenvalue weighted by Gasteiger charge is -2.19. The van der Waals surface area contributed by atoms with E-state index in [0.29, 0.717) is 5.56 Å². The van der Waals surface area contributed by atoms with Crippen molar-refractivity contribution in [2.45, 2.75) is 13.0 Å². The molecule has 0 saturated carbocycles. The maximum Gasteiger partial charge on any atom is 0.339 e. The third-order valence-electron chi connectivity index (χ3n) is 3.72.